The molecule has 0 bridgehead atoms. The van der Waals surface area contributed by atoms with Crippen LogP contribution in [-0.4, -0.2) is 11.6 Å². The van der Waals surface area contributed by atoms with Crippen LogP contribution in [0.25, 0.3) is 0 Å². The van der Waals surface area contributed by atoms with Gasteiger partial charge in [-0.2, -0.15) is 0 Å². The van der Waals surface area contributed by atoms with Gasteiger partial charge in [0.25, 0.3) is 0 Å². The molecular formula is C22H17BrClN3O. The quantitative estimate of drug-likeness (QED) is 0.483. The highest BCUT2D eigenvalue weighted by Gasteiger charge is 2.39. The lowest BCUT2D eigenvalue weighted by Gasteiger charge is -2.32. The molecule has 4 nitrogen and oxygen atoms in total. The largest absolute Gasteiger partial charge is 0.295 e. The fourth-order valence-electron chi connectivity index (χ4n) is 3.24. The van der Waals surface area contributed by atoms with E-state index in [1.807, 2.05) is 88.8 Å². The van der Waals surface area contributed by atoms with Crippen LogP contribution in [0.3, 0.4) is 0 Å². The zero-order valence-electron chi connectivity index (χ0n) is 15.1. The number of rotatable bonds is 4. The first kappa shape index (κ1) is 18.7. The van der Waals surface area contributed by atoms with Crippen molar-refractivity contribution < 1.29 is 4.79 Å². The minimum absolute atomic E-state index is 0.0969. The van der Waals surface area contributed by atoms with E-state index in [-0.39, 0.29) is 11.9 Å². The van der Waals surface area contributed by atoms with Crippen molar-refractivity contribution in [2.75, 3.05) is 9.91 Å². The molecule has 1 heterocycles. The van der Waals surface area contributed by atoms with Crippen molar-refractivity contribution in [1.82, 2.24) is 0 Å². The average molecular weight is 455 g/mol. The van der Waals surface area contributed by atoms with Crippen LogP contribution in [0, 0.1) is 0 Å². The number of carbonyl (C=O) groups excluding carboxylic acids is 1. The van der Waals surface area contributed by atoms with Gasteiger partial charge in [-0.05, 0) is 54.1 Å². The van der Waals surface area contributed by atoms with Gasteiger partial charge < -0.3 is 0 Å². The number of hydrogen-bond acceptors (Lipinski definition) is 4. The Balaban J connectivity index is 1.88. The summed E-state index contributed by atoms with van der Waals surface area (Å²) < 4.78 is 0.975. The molecule has 0 aromatic heterocycles. The van der Waals surface area contributed by atoms with Gasteiger partial charge in [0, 0.05) is 22.1 Å². The Kier molecular flexibility index (Phi) is 5.20. The molecule has 0 fully saturated rings. The van der Waals surface area contributed by atoms with E-state index in [1.165, 1.54) is 6.92 Å². The van der Waals surface area contributed by atoms with Crippen LogP contribution in [-0.2, 0) is 4.79 Å². The van der Waals surface area contributed by atoms with Crippen molar-refractivity contribution in [2.24, 2.45) is 5.10 Å². The fraction of sp³-hybridized carbons (Fsp3) is 0.0909. The van der Waals surface area contributed by atoms with Crippen molar-refractivity contribution in [1.29, 1.82) is 0 Å². The molecule has 0 radical (unpaired) electrons. The third-order valence-electron chi connectivity index (χ3n) is 4.52. The summed E-state index contributed by atoms with van der Waals surface area (Å²) in [7, 11) is 0. The first-order valence-corrected chi connectivity index (χ1v) is 9.96. The van der Waals surface area contributed by atoms with Crippen LogP contribution >= 0.6 is 27.5 Å². The summed E-state index contributed by atoms with van der Waals surface area (Å²) in [5.74, 6) is 0.298. The number of benzene rings is 3. The predicted molar refractivity (Wildman–Crippen MR) is 118 cm³/mol. The molecule has 3 aromatic rings. The van der Waals surface area contributed by atoms with Gasteiger partial charge in [0.1, 0.15) is 0 Å². The van der Waals surface area contributed by atoms with E-state index in [0.29, 0.717) is 10.9 Å². The van der Waals surface area contributed by atoms with Gasteiger partial charge >= 0.3 is 0 Å². The molecule has 1 aliphatic heterocycles. The molecule has 0 saturated carbocycles. The molecule has 0 spiro atoms. The van der Waals surface area contributed by atoms with Gasteiger partial charge in [-0.15, -0.1) is 5.10 Å². The van der Waals surface area contributed by atoms with E-state index in [2.05, 4.69) is 15.9 Å². The van der Waals surface area contributed by atoms with Crippen molar-refractivity contribution >= 4 is 50.5 Å². The van der Waals surface area contributed by atoms with Gasteiger partial charge in [0.05, 0.1) is 5.69 Å². The highest BCUT2D eigenvalue weighted by Crippen LogP contribution is 2.39. The Morgan fingerprint density at radius 1 is 0.929 bits per heavy atom. The maximum Gasteiger partial charge on any atom is 0.198 e. The molecule has 0 saturated heterocycles. The second-order valence-electron chi connectivity index (χ2n) is 6.43. The second kappa shape index (κ2) is 7.78. The van der Waals surface area contributed by atoms with E-state index in [4.69, 9.17) is 16.7 Å². The second-order valence-corrected chi connectivity index (χ2v) is 7.78. The van der Waals surface area contributed by atoms with Crippen LogP contribution in [0.1, 0.15) is 18.7 Å². The van der Waals surface area contributed by atoms with E-state index in [9.17, 15) is 4.79 Å². The van der Waals surface area contributed by atoms with Crippen molar-refractivity contribution in [3.8, 4) is 0 Å². The molecule has 0 aliphatic carbocycles. The average Bonchev–Trinajstić information content (AvgIpc) is 3.11. The normalized spacial score (nSPS) is 16.2. The number of halogens is 2. The van der Waals surface area contributed by atoms with Crippen LogP contribution < -0.4 is 9.91 Å². The summed E-state index contributed by atoms with van der Waals surface area (Å²) in [6.45, 7) is 1.54. The number of hydrazone groups is 1. The van der Waals surface area contributed by atoms with E-state index < -0.39 is 0 Å². The Labute approximate surface area is 177 Å². The molecule has 6 heteroatoms. The molecular weight excluding hydrogens is 438 g/mol. The Morgan fingerprint density at radius 3 is 2.14 bits per heavy atom. The van der Waals surface area contributed by atoms with Gasteiger partial charge in [-0.1, -0.05) is 57.9 Å². The molecule has 1 unspecified atom stereocenters. The SMILES string of the molecule is CC(=O)C1=NN(c2ccc(Cl)cc2)C(c2ccccc2)N1c1ccc(Br)cc1. The number of ketones is 1. The Bertz CT molecular complexity index is 1020. The van der Waals surface area contributed by atoms with Gasteiger partial charge in [0.2, 0.25) is 0 Å². The minimum Gasteiger partial charge on any atom is -0.295 e. The topological polar surface area (TPSA) is 35.9 Å². The highest BCUT2D eigenvalue weighted by molar-refractivity contribution is 9.10. The number of anilines is 2. The lowest BCUT2D eigenvalue weighted by Crippen LogP contribution is -2.37. The van der Waals surface area contributed by atoms with Gasteiger partial charge in [0.15, 0.2) is 17.8 Å². The maximum atomic E-state index is 12.5. The van der Waals surface area contributed by atoms with Crippen LogP contribution in [0.2, 0.25) is 5.02 Å². The summed E-state index contributed by atoms with van der Waals surface area (Å²) in [6.07, 6.45) is -0.289. The van der Waals surface area contributed by atoms with Gasteiger partial charge in [-0.3, -0.25) is 9.69 Å². The van der Waals surface area contributed by atoms with E-state index in [0.717, 1.165) is 21.4 Å². The van der Waals surface area contributed by atoms with Crippen LogP contribution in [0.15, 0.2) is 88.4 Å². The van der Waals surface area contributed by atoms with Crippen molar-refractivity contribution in [2.45, 2.75) is 13.1 Å². The Morgan fingerprint density at radius 2 is 1.54 bits per heavy atom. The summed E-state index contributed by atoms with van der Waals surface area (Å²) in [4.78, 5) is 14.4. The predicted octanol–water partition coefficient (Wildman–Crippen LogP) is 6.03. The molecule has 4 rings (SSSR count). The molecule has 0 N–H and O–H groups in total. The smallest absolute Gasteiger partial charge is 0.198 e. The Hall–Kier alpha value is -2.63. The zero-order valence-corrected chi connectivity index (χ0v) is 17.4. The monoisotopic (exact) mass is 453 g/mol. The minimum atomic E-state index is -0.289. The number of Topliss-reactive ketones (excluding diaryl/α,β-unsaturated/α-hetero) is 1. The van der Waals surface area contributed by atoms with Crippen molar-refractivity contribution in [3.63, 3.8) is 0 Å². The lowest BCUT2D eigenvalue weighted by molar-refractivity contribution is -0.111. The molecule has 28 heavy (non-hydrogen) atoms. The summed E-state index contributed by atoms with van der Waals surface area (Å²) >= 11 is 9.54. The summed E-state index contributed by atoms with van der Waals surface area (Å²) in [5, 5.41) is 7.22. The van der Waals surface area contributed by atoms with Crippen LogP contribution in [0.5, 0.6) is 0 Å². The van der Waals surface area contributed by atoms with E-state index in [1.54, 1.807) is 0 Å². The van der Waals surface area contributed by atoms with Crippen LogP contribution in [0.4, 0.5) is 11.4 Å². The van der Waals surface area contributed by atoms with Crippen molar-refractivity contribution in [3.05, 3.63) is 93.9 Å². The zero-order chi connectivity index (χ0) is 19.7. The number of nitrogens with zero attached hydrogens (tertiary/aromatic N) is 3. The highest BCUT2D eigenvalue weighted by atomic mass is 79.9. The van der Waals surface area contributed by atoms with E-state index >= 15 is 0 Å². The summed E-state index contributed by atoms with van der Waals surface area (Å²) in [6, 6.07) is 25.4. The third kappa shape index (κ3) is 3.55. The maximum absolute atomic E-state index is 12.5. The third-order valence-corrected chi connectivity index (χ3v) is 5.30. The molecule has 140 valence electrons. The first-order chi connectivity index (χ1) is 13.5. The first-order valence-electron chi connectivity index (χ1n) is 8.79. The molecule has 1 atom stereocenters. The van der Waals surface area contributed by atoms with Gasteiger partial charge in [-0.25, -0.2) is 5.01 Å². The standard InChI is InChI=1S/C22H17BrClN3O/c1-15(28)21-25-27(20-13-9-18(24)10-14-20)22(16-5-3-2-4-6-16)26(21)19-11-7-17(23)8-12-19/h2-14,22H,1H3. The number of amidine groups is 1. The lowest BCUT2D eigenvalue weighted by atomic mass is 10.1. The summed E-state index contributed by atoms with van der Waals surface area (Å²) in [5.41, 5.74) is 2.78. The molecule has 0 amide bonds. The number of hydrogen-bond donors (Lipinski definition) is 0. The fourth-order valence-corrected chi connectivity index (χ4v) is 3.63. The molecule has 1 aliphatic rings. The molecule has 3 aromatic carbocycles. The number of carbonyl (C=O) groups is 1.